The predicted molar refractivity (Wildman–Crippen MR) is 47.1 cm³/mol. The molecule has 0 spiro atoms. The van der Waals surface area contributed by atoms with Gasteiger partial charge >= 0.3 is 0 Å². The fraction of sp³-hybridized carbons (Fsp3) is 1.00. The molecule has 2 aliphatic rings. The topological polar surface area (TPSA) is 25.1 Å². The fourth-order valence-corrected chi connectivity index (χ4v) is 1.89. The molecule has 2 aliphatic heterocycles. The molecule has 2 heterocycles. The van der Waals surface area contributed by atoms with Crippen LogP contribution in [0.25, 0.3) is 0 Å². The van der Waals surface area contributed by atoms with Crippen LogP contribution in [0.1, 0.15) is 32.6 Å². The van der Waals surface area contributed by atoms with Gasteiger partial charge in [-0.15, -0.1) is 0 Å². The smallest absolute Gasteiger partial charge is 0.0812 e. The molecule has 0 aromatic rings. The van der Waals surface area contributed by atoms with Crippen LogP contribution in [0.2, 0.25) is 0 Å². The van der Waals surface area contributed by atoms with Gasteiger partial charge < -0.3 is 9.47 Å². The number of hydrogen-bond acceptors (Lipinski definition) is 2. The van der Waals surface area contributed by atoms with Crippen LogP contribution in [0.4, 0.5) is 0 Å². The first-order chi connectivity index (χ1) is 5.88. The van der Waals surface area contributed by atoms with Crippen LogP contribution in [0.3, 0.4) is 0 Å². The first-order valence-electron chi connectivity index (χ1n) is 5.11. The Morgan fingerprint density at radius 2 is 1.67 bits per heavy atom. The van der Waals surface area contributed by atoms with Gasteiger partial charge in [-0.25, -0.2) is 0 Å². The highest BCUT2D eigenvalue weighted by atomic mass is 16.6. The molecule has 2 rings (SSSR count). The van der Waals surface area contributed by atoms with Gasteiger partial charge in [-0.3, -0.25) is 0 Å². The molecule has 2 atom stereocenters. The maximum atomic E-state index is 5.25. The van der Waals surface area contributed by atoms with Gasteiger partial charge in [0.15, 0.2) is 0 Å². The summed E-state index contributed by atoms with van der Waals surface area (Å²) in [4.78, 5) is 0. The molecule has 2 heteroatoms. The van der Waals surface area contributed by atoms with E-state index < -0.39 is 0 Å². The first-order valence-corrected chi connectivity index (χ1v) is 5.11. The Morgan fingerprint density at radius 3 is 2.00 bits per heavy atom. The lowest BCUT2D eigenvalue weighted by Gasteiger charge is -2.12. The van der Waals surface area contributed by atoms with Gasteiger partial charge in [0, 0.05) is 0 Å². The second-order valence-electron chi connectivity index (χ2n) is 4.04. The van der Waals surface area contributed by atoms with E-state index in [1.807, 2.05) is 0 Å². The molecule has 0 N–H and O–H groups in total. The van der Waals surface area contributed by atoms with Crippen molar-refractivity contribution < 1.29 is 9.47 Å². The Hall–Kier alpha value is -0.0800. The highest BCUT2D eigenvalue weighted by molar-refractivity contribution is 4.79. The number of ether oxygens (including phenoxy) is 2. The summed E-state index contributed by atoms with van der Waals surface area (Å²) in [6.07, 6.45) is 6.38. The fourth-order valence-electron chi connectivity index (χ4n) is 1.89. The molecule has 0 aliphatic carbocycles. The third-order valence-corrected chi connectivity index (χ3v) is 2.69. The monoisotopic (exact) mass is 170 g/mol. The van der Waals surface area contributed by atoms with Crippen LogP contribution in [0.15, 0.2) is 0 Å². The van der Waals surface area contributed by atoms with Gasteiger partial charge in [-0.1, -0.05) is 19.8 Å². The summed E-state index contributed by atoms with van der Waals surface area (Å²) < 4.78 is 10.5. The molecule has 12 heavy (non-hydrogen) atoms. The summed E-state index contributed by atoms with van der Waals surface area (Å²) in [5, 5.41) is 0. The van der Waals surface area contributed by atoms with E-state index in [2.05, 4.69) is 6.92 Å². The van der Waals surface area contributed by atoms with E-state index in [1.54, 1.807) is 0 Å². The van der Waals surface area contributed by atoms with Gasteiger partial charge in [0.2, 0.25) is 0 Å². The zero-order valence-electron chi connectivity index (χ0n) is 7.79. The Labute approximate surface area is 74.2 Å². The van der Waals surface area contributed by atoms with Crippen LogP contribution < -0.4 is 0 Å². The largest absolute Gasteiger partial charge is 0.373 e. The molecular formula is C10H18O2. The van der Waals surface area contributed by atoms with E-state index in [9.17, 15) is 0 Å². The lowest BCUT2D eigenvalue weighted by atomic mass is 9.93. The van der Waals surface area contributed by atoms with Crippen molar-refractivity contribution in [3.05, 3.63) is 0 Å². The van der Waals surface area contributed by atoms with Crippen molar-refractivity contribution >= 4 is 0 Å². The minimum atomic E-state index is 0.597. The number of epoxide rings is 2. The lowest BCUT2D eigenvalue weighted by molar-refractivity contribution is 0.296. The summed E-state index contributed by atoms with van der Waals surface area (Å²) >= 11 is 0. The molecule has 0 aromatic carbocycles. The Balaban J connectivity index is 1.66. The van der Waals surface area contributed by atoms with E-state index >= 15 is 0 Å². The third-order valence-electron chi connectivity index (χ3n) is 2.69. The molecule has 70 valence electrons. The molecule has 0 amide bonds. The lowest BCUT2D eigenvalue weighted by Crippen LogP contribution is -2.07. The number of hydrogen-bond donors (Lipinski definition) is 0. The summed E-state index contributed by atoms with van der Waals surface area (Å²) in [5.74, 6) is 0.856. The van der Waals surface area contributed by atoms with Gasteiger partial charge in [0.25, 0.3) is 0 Å². The van der Waals surface area contributed by atoms with Gasteiger partial charge in [0.1, 0.15) is 0 Å². The van der Waals surface area contributed by atoms with Crippen molar-refractivity contribution in [3.63, 3.8) is 0 Å². The zero-order valence-corrected chi connectivity index (χ0v) is 7.79. The molecule has 0 saturated carbocycles. The minimum Gasteiger partial charge on any atom is -0.373 e. The molecule has 2 unspecified atom stereocenters. The molecule has 2 saturated heterocycles. The zero-order chi connectivity index (χ0) is 8.39. The molecule has 0 bridgehead atoms. The Bertz CT molecular complexity index is 125. The first kappa shape index (κ1) is 8.52. The van der Waals surface area contributed by atoms with Gasteiger partial charge in [-0.2, -0.15) is 0 Å². The highest BCUT2D eigenvalue weighted by Gasteiger charge is 2.31. The molecule has 0 radical (unpaired) electrons. The summed E-state index contributed by atoms with van der Waals surface area (Å²) in [7, 11) is 0. The van der Waals surface area contributed by atoms with Crippen LogP contribution >= 0.6 is 0 Å². The van der Waals surface area contributed by atoms with Gasteiger partial charge in [-0.05, 0) is 18.8 Å². The highest BCUT2D eigenvalue weighted by Crippen LogP contribution is 2.29. The summed E-state index contributed by atoms with van der Waals surface area (Å²) in [6, 6.07) is 0. The second-order valence-corrected chi connectivity index (χ2v) is 4.04. The maximum absolute atomic E-state index is 5.25. The van der Waals surface area contributed by atoms with E-state index in [-0.39, 0.29) is 0 Å². The van der Waals surface area contributed by atoms with Crippen LogP contribution in [-0.2, 0) is 9.47 Å². The normalized spacial score (nSPS) is 34.8. The van der Waals surface area contributed by atoms with Crippen molar-refractivity contribution in [3.8, 4) is 0 Å². The molecule has 2 fully saturated rings. The summed E-state index contributed by atoms with van der Waals surface area (Å²) in [6.45, 7) is 4.27. The average Bonchev–Trinajstić information content (AvgIpc) is 2.82. The van der Waals surface area contributed by atoms with E-state index in [0.717, 1.165) is 19.1 Å². The standard InChI is InChI=1S/C10H18O2/c1-2-3-8(4-9-6-11-9)5-10-7-12-10/h8-10H,2-7H2,1H3. The second kappa shape index (κ2) is 3.75. The van der Waals surface area contributed by atoms with Crippen LogP contribution in [0.5, 0.6) is 0 Å². The SMILES string of the molecule is CCCC(CC1CO1)CC1CO1. The van der Waals surface area contributed by atoms with Crippen molar-refractivity contribution in [2.75, 3.05) is 13.2 Å². The van der Waals surface area contributed by atoms with E-state index in [1.165, 1.54) is 25.7 Å². The van der Waals surface area contributed by atoms with Crippen molar-refractivity contribution in [2.45, 2.75) is 44.8 Å². The van der Waals surface area contributed by atoms with Crippen molar-refractivity contribution in [1.82, 2.24) is 0 Å². The Morgan fingerprint density at radius 1 is 1.17 bits per heavy atom. The van der Waals surface area contributed by atoms with Crippen molar-refractivity contribution in [2.24, 2.45) is 5.92 Å². The van der Waals surface area contributed by atoms with E-state index in [0.29, 0.717) is 12.2 Å². The molecular weight excluding hydrogens is 152 g/mol. The minimum absolute atomic E-state index is 0.597. The number of rotatable bonds is 6. The quantitative estimate of drug-likeness (QED) is 0.569. The molecule has 2 nitrogen and oxygen atoms in total. The molecule has 0 aromatic heterocycles. The average molecular weight is 170 g/mol. The van der Waals surface area contributed by atoms with Crippen LogP contribution in [0, 0.1) is 5.92 Å². The summed E-state index contributed by atoms with van der Waals surface area (Å²) in [5.41, 5.74) is 0. The van der Waals surface area contributed by atoms with Crippen molar-refractivity contribution in [1.29, 1.82) is 0 Å². The van der Waals surface area contributed by atoms with E-state index in [4.69, 9.17) is 9.47 Å². The Kier molecular flexibility index (Phi) is 2.66. The van der Waals surface area contributed by atoms with Crippen LogP contribution in [-0.4, -0.2) is 25.4 Å². The maximum Gasteiger partial charge on any atom is 0.0812 e. The third kappa shape index (κ3) is 2.76. The predicted octanol–water partition coefficient (Wildman–Crippen LogP) is 1.98. The van der Waals surface area contributed by atoms with Gasteiger partial charge in [0.05, 0.1) is 25.4 Å².